The van der Waals surface area contributed by atoms with Gasteiger partial charge in [-0.2, -0.15) is 0 Å². The van der Waals surface area contributed by atoms with Gasteiger partial charge in [-0.15, -0.1) is 10.2 Å². The molecular weight excluding hydrogens is 554 g/mol. The topological polar surface area (TPSA) is 98.1 Å². The van der Waals surface area contributed by atoms with Crippen LogP contribution in [-0.2, 0) is 29.1 Å². The number of halogens is 2. The number of carbonyl (C=O) groups is 2. The van der Waals surface area contributed by atoms with Crippen molar-refractivity contribution in [2.45, 2.75) is 51.5 Å². The monoisotopic (exact) mass is 579 g/mol. The molecule has 0 aliphatic carbocycles. The number of thioether (sulfide) groups is 1. The first-order chi connectivity index (χ1) is 16.8. The minimum Gasteiger partial charge on any atom is -0.481 e. The predicted molar refractivity (Wildman–Crippen MR) is 142 cm³/mol. The van der Waals surface area contributed by atoms with Gasteiger partial charge in [0.25, 0.3) is 5.91 Å². The molecule has 186 valence electrons. The molecule has 2 aromatic carbocycles. The number of nitrogens with zero attached hydrogens (tertiary/aromatic N) is 3. The highest BCUT2D eigenvalue weighted by Gasteiger charge is 2.18. The second-order valence-electron chi connectivity index (χ2n) is 7.58. The van der Waals surface area contributed by atoms with E-state index in [-0.39, 0.29) is 24.1 Å². The molecule has 3 rings (SSSR count). The van der Waals surface area contributed by atoms with Gasteiger partial charge >= 0.3 is 0 Å². The second-order valence-corrected chi connectivity index (χ2v) is 9.79. The van der Waals surface area contributed by atoms with E-state index in [2.05, 4.69) is 43.7 Å². The first-order valence-corrected chi connectivity index (χ1v) is 13.3. The van der Waals surface area contributed by atoms with Gasteiger partial charge in [0.2, 0.25) is 5.91 Å². The van der Waals surface area contributed by atoms with Crippen LogP contribution in [0.3, 0.4) is 0 Å². The van der Waals surface area contributed by atoms with Gasteiger partial charge in [0.15, 0.2) is 17.1 Å². The van der Waals surface area contributed by atoms with E-state index in [0.717, 1.165) is 6.42 Å². The third-order valence-electron chi connectivity index (χ3n) is 5.08. The summed E-state index contributed by atoms with van der Waals surface area (Å²) in [4.78, 5) is 24.9. The number of hydrogen-bond donors (Lipinski definition) is 2. The molecule has 0 bridgehead atoms. The largest absolute Gasteiger partial charge is 0.481 e. The second kappa shape index (κ2) is 12.9. The van der Waals surface area contributed by atoms with E-state index >= 15 is 0 Å². The lowest BCUT2D eigenvalue weighted by molar-refractivity contribution is -0.127. The first-order valence-electron chi connectivity index (χ1n) is 11.1. The summed E-state index contributed by atoms with van der Waals surface area (Å²) in [6.45, 7) is 6.54. The maximum absolute atomic E-state index is 12.5. The number of ether oxygens (including phenoxy) is 1. The molecular formula is C24H27BrClN5O3S. The summed E-state index contributed by atoms with van der Waals surface area (Å²) in [7, 11) is 0. The first kappa shape index (κ1) is 27.0. The van der Waals surface area contributed by atoms with Gasteiger partial charge in [-0.25, -0.2) is 0 Å². The maximum atomic E-state index is 12.5. The van der Waals surface area contributed by atoms with Crippen LogP contribution >= 0.6 is 39.3 Å². The van der Waals surface area contributed by atoms with Gasteiger partial charge in [0.05, 0.1) is 17.3 Å². The van der Waals surface area contributed by atoms with Crippen LogP contribution in [0.15, 0.2) is 52.1 Å². The molecule has 0 saturated heterocycles. The summed E-state index contributed by atoms with van der Waals surface area (Å²) in [5.41, 5.74) is 1.85. The van der Waals surface area contributed by atoms with Crippen LogP contribution in [0, 0.1) is 0 Å². The quantitative estimate of drug-likeness (QED) is 0.307. The van der Waals surface area contributed by atoms with E-state index in [4.69, 9.17) is 16.3 Å². The Morgan fingerprint density at radius 1 is 1.17 bits per heavy atom. The Hall–Kier alpha value is -2.56. The summed E-state index contributed by atoms with van der Waals surface area (Å²) in [5.74, 6) is 0.974. The number of amides is 2. The molecule has 0 spiro atoms. The Balaban J connectivity index is 1.51. The number of carbonyl (C=O) groups excluding carboxylic acids is 2. The zero-order valence-corrected chi connectivity index (χ0v) is 22.8. The Kier molecular flexibility index (Phi) is 10.00. The molecule has 1 aromatic heterocycles. The van der Waals surface area contributed by atoms with Gasteiger partial charge in [-0.1, -0.05) is 42.4 Å². The molecule has 8 nitrogen and oxygen atoms in total. The Labute approximate surface area is 222 Å². The predicted octanol–water partition coefficient (Wildman–Crippen LogP) is 5.09. The van der Waals surface area contributed by atoms with Gasteiger partial charge in [0.1, 0.15) is 5.75 Å². The highest BCUT2D eigenvalue weighted by atomic mass is 79.9. The zero-order valence-electron chi connectivity index (χ0n) is 19.7. The van der Waals surface area contributed by atoms with E-state index in [1.165, 1.54) is 17.3 Å². The fourth-order valence-electron chi connectivity index (χ4n) is 3.15. The van der Waals surface area contributed by atoms with Crippen molar-refractivity contribution in [2.75, 3.05) is 11.1 Å². The zero-order chi connectivity index (χ0) is 25.4. The third-order valence-corrected chi connectivity index (χ3v) is 7.26. The number of aromatic nitrogens is 3. The fourth-order valence-corrected chi connectivity index (χ4v) is 4.46. The molecule has 1 heterocycles. The molecule has 3 aromatic rings. The standard InChI is InChI=1S/C24H27BrClN5O3S/c1-4-16-6-9-18(10-7-16)34-15(3)23(33)27-13-21-29-30-24(31(21)5-2)35-14-22(32)28-17-8-11-20(26)19(25)12-17/h6-12,15H,4-5,13-14H2,1-3H3,(H,27,33)(H,28,32)/t15-/m1/s1. The molecule has 0 aliphatic heterocycles. The number of nitrogens with one attached hydrogen (secondary N) is 2. The average Bonchev–Trinajstić information content (AvgIpc) is 3.25. The molecule has 1 atom stereocenters. The minimum absolute atomic E-state index is 0.159. The van der Waals surface area contributed by atoms with E-state index in [0.29, 0.717) is 38.5 Å². The minimum atomic E-state index is -0.661. The van der Waals surface area contributed by atoms with Crippen LogP contribution in [0.1, 0.15) is 32.2 Å². The Morgan fingerprint density at radius 2 is 1.91 bits per heavy atom. The van der Waals surface area contributed by atoms with Gasteiger partial charge in [-0.05, 0) is 72.1 Å². The van der Waals surface area contributed by atoms with Crippen molar-refractivity contribution in [1.29, 1.82) is 0 Å². The van der Waals surface area contributed by atoms with Crippen molar-refractivity contribution in [1.82, 2.24) is 20.1 Å². The highest BCUT2D eigenvalue weighted by Crippen LogP contribution is 2.26. The van der Waals surface area contributed by atoms with Crippen LogP contribution in [0.5, 0.6) is 5.75 Å². The van der Waals surface area contributed by atoms with E-state index in [1.807, 2.05) is 35.8 Å². The Morgan fingerprint density at radius 3 is 2.57 bits per heavy atom. The average molecular weight is 581 g/mol. The number of hydrogen-bond acceptors (Lipinski definition) is 6. The normalized spacial score (nSPS) is 11.7. The SMILES string of the molecule is CCc1ccc(O[C@H](C)C(=O)NCc2nnc(SCC(=O)Nc3ccc(Cl)c(Br)c3)n2CC)cc1. The highest BCUT2D eigenvalue weighted by molar-refractivity contribution is 9.10. The van der Waals surface area contributed by atoms with Gasteiger partial charge in [0, 0.05) is 16.7 Å². The maximum Gasteiger partial charge on any atom is 0.261 e. The summed E-state index contributed by atoms with van der Waals surface area (Å²) >= 11 is 10.6. The molecule has 0 unspecified atom stereocenters. The lowest BCUT2D eigenvalue weighted by Crippen LogP contribution is -2.36. The fraction of sp³-hybridized carbons (Fsp3) is 0.333. The number of anilines is 1. The lowest BCUT2D eigenvalue weighted by atomic mass is 10.2. The molecule has 2 N–H and O–H groups in total. The summed E-state index contributed by atoms with van der Waals surface area (Å²) in [6.07, 6.45) is 0.283. The van der Waals surface area contributed by atoms with Crippen molar-refractivity contribution in [2.24, 2.45) is 0 Å². The van der Waals surface area contributed by atoms with Crippen LogP contribution < -0.4 is 15.4 Å². The molecule has 0 aliphatic rings. The lowest BCUT2D eigenvalue weighted by Gasteiger charge is -2.15. The molecule has 0 saturated carbocycles. The van der Waals surface area contributed by atoms with Crippen molar-refractivity contribution >= 4 is 56.8 Å². The smallest absolute Gasteiger partial charge is 0.261 e. The number of benzene rings is 2. The van der Waals surface area contributed by atoms with Gasteiger partial charge < -0.3 is 19.9 Å². The van der Waals surface area contributed by atoms with Crippen LogP contribution in [-0.4, -0.2) is 38.4 Å². The van der Waals surface area contributed by atoms with Crippen molar-refractivity contribution in [3.05, 3.63) is 63.3 Å². The van der Waals surface area contributed by atoms with E-state index < -0.39 is 6.10 Å². The molecule has 35 heavy (non-hydrogen) atoms. The summed E-state index contributed by atoms with van der Waals surface area (Å²) in [6, 6.07) is 12.9. The van der Waals surface area contributed by atoms with Crippen LogP contribution in [0.2, 0.25) is 5.02 Å². The molecule has 0 radical (unpaired) electrons. The molecule has 11 heteroatoms. The summed E-state index contributed by atoms with van der Waals surface area (Å²) in [5, 5.41) is 15.2. The van der Waals surface area contributed by atoms with Crippen LogP contribution in [0.4, 0.5) is 5.69 Å². The van der Waals surface area contributed by atoms with Gasteiger partial charge in [-0.3, -0.25) is 9.59 Å². The van der Waals surface area contributed by atoms with Crippen molar-refractivity contribution in [3.63, 3.8) is 0 Å². The Bertz CT molecular complexity index is 1170. The van der Waals surface area contributed by atoms with Crippen molar-refractivity contribution in [3.8, 4) is 5.75 Å². The molecule has 2 amide bonds. The number of rotatable bonds is 11. The van der Waals surface area contributed by atoms with Crippen molar-refractivity contribution < 1.29 is 14.3 Å². The third kappa shape index (κ3) is 7.71. The number of aryl methyl sites for hydroxylation is 1. The van der Waals surface area contributed by atoms with E-state index in [1.54, 1.807) is 25.1 Å². The summed E-state index contributed by atoms with van der Waals surface area (Å²) < 4.78 is 8.31. The van der Waals surface area contributed by atoms with Crippen LogP contribution in [0.25, 0.3) is 0 Å². The van der Waals surface area contributed by atoms with E-state index in [9.17, 15) is 9.59 Å². The molecule has 0 fully saturated rings.